The quantitative estimate of drug-likeness (QED) is 0.175. The molecule has 1 heterocycles. The molecule has 0 amide bonds. The minimum absolute atomic E-state index is 0.212. The van der Waals surface area contributed by atoms with Gasteiger partial charge in [0.25, 0.3) is 0 Å². The van der Waals surface area contributed by atoms with Crippen molar-refractivity contribution in [2.75, 3.05) is 0 Å². The standard InChI is InChI=1S/C54H33N/c1-2-13-37-32(9-1)10-5-15-39(37)40-26-21-35-22-27-43-38(25-20-34-23-28-44(40)52(35)51(34)43)36-24-29-45-49(31-36)54(48-19-8-30-55-53(45)48)46-17-4-3-14-41(46)42-16-6-11-33-12-7-18-47(54)50(33)42/h1-22,24-31,40H,23H2. The molecule has 0 radical (unpaired) electrons. The zero-order valence-electron chi connectivity index (χ0n) is 30.1. The second kappa shape index (κ2) is 10.6. The van der Waals surface area contributed by atoms with E-state index < -0.39 is 5.41 Å². The first-order chi connectivity index (χ1) is 27.3. The van der Waals surface area contributed by atoms with Gasteiger partial charge in [0.1, 0.15) is 0 Å². The minimum Gasteiger partial charge on any atom is -0.256 e. The van der Waals surface area contributed by atoms with Crippen molar-refractivity contribution in [1.29, 1.82) is 0 Å². The fraction of sp³-hybridized carbons (Fsp3) is 0.0556. The normalized spacial score (nSPS) is 18.0. The Morgan fingerprint density at radius 2 is 1.31 bits per heavy atom. The Hall–Kier alpha value is -6.83. The number of nitrogens with zero attached hydrogens (tertiary/aromatic N) is 1. The third-order valence-electron chi connectivity index (χ3n) is 13.2. The highest BCUT2D eigenvalue weighted by atomic mass is 14.7. The minimum atomic E-state index is -0.494. The predicted octanol–water partition coefficient (Wildman–Crippen LogP) is 13.3. The highest BCUT2D eigenvalue weighted by Crippen LogP contribution is 2.62. The number of hydrogen-bond acceptors (Lipinski definition) is 1. The fourth-order valence-corrected chi connectivity index (χ4v) is 11.1. The van der Waals surface area contributed by atoms with E-state index in [-0.39, 0.29) is 5.92 Å². The monoisotopic (exact) mass is 695 g/mol. The highest BCUT2D eigenvalue weighted by Gasteiger charge is 2.50. The molecule has 0 bridgehead atoms. The van der Waals surface area contributed by atoms with Crippen LogP contribution >= 0.6 is 0 Å². The molecule has 1 aromatic heterocycles. The van der Waals surface area contributed by atoms with Crippen molar-refractivity contribution >= 4 is 44.0 Å². The molecule has 1 heteroatoms. The maximum absolute atomic E-state index is 5.11. The van der Waals surface area contributed by atoms with E-state index >= 15 is 0 Å². The molecular formula is C54H33N. The van der Waals surface area contributed by atoms with Crippen molar-refractivity contribution in [2.24, 2.45) is 0 Å². The molecule has 2 atom stereocenters. The summed E-state index contributed by atoms with van der Waals surface area (Å²) in [6.07, 6.45) is 10.2. The third-order valence-corrected chi connectivity index (χ3v) is 13.2. The van der Waals surface area contributed by atoms with E-state index in [0.717, 1.165) is 12.1 Å². The van der Waals surface area contributed by atoms with Gasteiger partial charge in [-0.2, -0.15) is 0 Å². The summed E-state index contributed by atoms with van der Waals surface area (Å²) >= 11 is 0. The van der Waals surface area contributed by atoms with Crippen molar-refractivity contribution in [1.82, 2.24) is 4.98 Å². The van der Waals surface area contributed by atoms with Crippen LogP contribution in [-0.2, 0) is 11.8 Å². The lowest BCUT2D eigenvalue weighted by Gasteiger charge is -2.40. The maximum atomic E-state index is 5.11. The van der Waals surface area contributed by atoms with Crippen LogP contribution in [0.1, 0.15) is 50.4 Å². The topological polar surface area (TPSA) is 12.9 Å². The number of aromatic nitrogens is 1. The van der Waals surface area contributed by atoms with E-state index in [1.807, 2.05) is 6.20 Å². The van der Waals surface area contributed by atoms with Gasteiger partial charge in [-0.1, -0.05) is 164 Å². The zero-order valence-corrected chi connectivity index (χ0v) is 30.1. The zero-order chi connectivity index (χ0) is 35.8. The number of rotatable bonds is 2. The van der Waals surface area contributed by atoms with Crippen LogP contribution in [0.2, 0.25) is 0 Å². The van der Waals surface area contributed by atoms with Gasteiger partial charge in [-0.05, 0) is 123 Å². The first-order valence-electron chi connectivity index (χ1n) is 19.5. The van der Waals surface area contributed by atoms with Gasteiger partial charge in [-0.15, -0.1) is 0 Å². The smallest absolute Gasteiger partial charge is 0.0753 e. The van der Waals surface area contributed by atoms with Gasteiger partial charge >= 0.3 is 0 Å². The molecule has 0 saturated heterocycles. The van der Waals surface area contributed by atoms with Crippen LogP contribution in [0.4, 0.5) is 0 Å². The molecule has 2 unspecified atom stereocenters. The number of allylic oxidation sites excluding steroid dienone is 3. The van der Waals surface area contributed by atoms with Crippen molar-refractivity contribution in [3.8, 4) is 33.5 Å². The fourth-order valence-electron chi connectivity index (χ4n) is 11.1. The van der Waals surface area contributed by atoms with Gasteiger partial charge in [-0.3, -0.25) is 4.98 Å². The molecule has 55 heavy (non-hydrogen) atoms. The first kappa shape index (κ1) is 29.6. The molecule has 254 valence electrons. The van der Waals surface area contributed by atoms with E-state index in [1.54, 1.807) is 0 Å². The summed E-state index contributed by atoms with van der Waals surface area (Å²) in [5, 5.41) is 7.98. The Kier molecular flexibility index (Phi) is 5.73. The molecule has 4 aliphatic carbocycles. The van der Waals surface area contributed by atoms with E-state index in [0.29, 0.717) is 0 Å². The van der Waals surface area contributed by atoms with Gasteiger partial charge in [0.15, 0.2) is 0 Å². The van der Waals surface area contributed by atoms with E-state index in [4.69, 9.17) is 4.98 Å². The molecular weight excluding hydrogens is 663 g/mol. The van der Waals surface area contributed by atoms with Crippen LogP contribution in [0.25, 0.3) is 77.5 Å². The van der Waals surface area contributed by atoms with E-state index in [9.17, 15) is 0 Å². The van der Waals surface area contributed by atoms with Gasteiger partial charge < -0.3 is 0 Å². The van der Waals surface area contributed by atoms with Crippen molar-refractivity contribution in [3.05, 3.63) is 221 Å². The Morgan fingerprint density at radius 3 is 2.29 bits per heavy atom. The summed E-state index contributed by atoms with van der Waals surface area (Å²) < 4.78 is 0. The Balaban J connectivity index is 1.06. The molecule has 0 fully saturated rings. The average molecular weight is 696 g/mol. The second-order valence-electron chi connectivity index (χ2n) is 15.7. The first-order valence-corrected chi connectivity index (χ1v) is 19.5. The molecule has 9 aromatic rings. The molecule has 0 saturated carbocycles. The molecule has 1 nitrogen and oxygen atoms in total. The number of benzene rings is 8. The Bertz CT molecular complexity index is 3240. The van der Waals surface area contributed by atoms with Gasteiger partial charge in [-0.25, -0.2) is 0 Å². The molecule has 8 aromatic carbocycles. The van der Waals surface area contributed by atoms with Crippen molar-refractivity contribution in [2.45, 2.75) is 17.8 Å². The van der Waals surface area contributed by atoms with Crippen LogP contribution in [0.5, 0.6) is 0 Å². The summed E-state index contributed by atoms with van der Waals surface area (Å²) in [6, 6.07) is 59.5. The number of pyridine rings is 1. The summed E-state index contributed by atoms with van der Waals surface area (Å²) in [5.74, 6) is 0.212. The number of hydrogen-bond donors (Lipinski definition) is 0. The summed E-state index contributed by atoms with van der Waals surface area (Å²) in [7, 11) is 0. The lowest BCUT2D eigenvalue weighted by molar-refractivity contribution is 0.771. The molecule has 4 aliphatic rings. The SMILES string of the molecule is C1=CC(c2cccc3ccccc23)C2=CCc3ccc(-c4ccc5c(c4)C4(c6ccccc6-c6cccc7cccc4c67)c4cccnc4-5)c4ccc1c2c34. The molecule has 13 rings (SSSR count). The summed E-state index contributed by atoms with van der Waals surface area (Å²) in [4.78, 5) is 5.11. The van der Waals surface area contributed by atoms with Crippen LogP contribution in [-0.4, -0.2) is 4.98 Å². The van der Waals surface area contributed by atoms with E-state index in [1.165, 1.54) is 110 Å². The Morgan fingerprint density at radius 1 is 0.527 bits per heavy atom. The van der Waals surface area contributed by atoms with Gasteiger partial charge in [0.05, 0.1) is 11.1 Å². The van der Waals surface area contributed by atoms with Gasteiger partial charge in [0, 0.05) is 17.7 Å². The van der Waals surface area contributed by atoms with Crippen LogP contribution in [0.15, 0.2) is 176 Å². The average Bonchev–Trinajstić information content (AvgIpc) is 3.54. The predicted molar refractivity (Wildman–Crippen MR) is 228 cm³/mol. The van der Waals surface area contributed by atoms with E-state index in [2.05, 4.69) is 176 Å². The number of fused-ring (bicyclic) bond motifs is 10. The van der Waals surface area contributed by atoms with Crippen LogP contribution < -0.4 is 0 Å². The summed E-state index contributed by atoms with van der Waals surface area (Å²) in [6.45, 7) is 0. The highest BCUT2D eigenvalue weighted by molar-refractivity contribution is 6.11. The third kappa shape index (κ3) is 3.71. The summed E-state index contributed by atoms with van der Waals surface area (Å²) in [5.41, 5.74) is 19.1. The van der Waals surface area contributed by atoms with Gasteiger partial charge in [0.2, 0.25) is 0 Å². The molecule has 0 N–H and O–H groups in total. The molecule has 0 aliphatic heterocycles. The lowest BCUT2D eigenvalue weighted by atomic mass is 9.61. The van der Waals surface area contributed by atoms with Crippen molar-refractivity contribution < 1.29 is 0 Å². The van der Waals surface area contributed by atoms with Crippen LogP contribution in [0.3, 0.4) is 0 Å². The lowest BCUT2D eigenvalue weighted by Crippen LogP contribution is -2.31. The Labute approximate surface area is 319 Å². The maximum Gasteiger partial charge on any atom is 0.0753 e. The molecule has 1 spiro atoms. The van der Waals surface area contributed by atoms with Crippen molar-refractivity contribution in [3.63, 3.8) is 0 Å². The second-order valence-corrected chi connectivity index (χ2v) is 15.7. The van der Waals surface area contributed by atoms with Crippen LogP contribution in [0, 0.1) is 0 Å². The largest absolute Gasteiger partial charge is 0.256 e.